The Morgan fingerprint density at radius 3 is 2.15 bits per heavy atom. The summed E-state index contributed by atoms with van der Waals surface area (Å²) in [5, 5.41) is 1.43. The summed E-state index contributed by atoms with van der Waals surface area (Å²) in [5.74, 6) is 0.410. The van der Waals surface area contributed by atoms with Crippen molar-refractivity contribution in [3.63, 3.8) is 0 Å². The lowest BCUT2D eigenvalue weighted by atomic mass is 9.90. The van der Waals surface area contributed by atoms with Gasteiger partial charge < -0.3 is 14.2 Å². The van der Waals surface area contributed by atoms with E-state index in [1.165, 1.54) is 0 Å². The third-order valence-electron chi connectivity index (χ3n) is 4.83. The summed E-state index contributed by atoms with van der Waals surface area (Å²) >= 11 is 3.53. The maximum atomic E-state index is 13.3. The van der Waals surface area contributed by atoms with Crippen molar-refractivity contribution < 1.29 is 23.8 Å². The molecule has 2 aromatic rings. The number of rotatable bonds is 5. The van der Waals surface area contributed by atoms with Crippen LogP contribution in [0.4, 0.5) is 15.3 Å². The van der Waals surface area contributed by atoms with Gasteiger partial charge in [0.25, 0.3) is 0 Å². The fraction of sp³-hybridized carbons (Fsp3) is 0.481. The molecule has 0 aromatic heterocycles. The molecule has 2 rings (SSSR count). The first-order chi connectivity index (χ1) is 15.6. The van der Waals surface area contributed by atoms with E-state index in [1.54, 1.807) is 31.7 Å². The molecular weight excluding hydrogens is 498 g/mol. The van der Waals surface area contributed by atoms with Gasteiger partial charge in [-0.15, -0.1) is 6.58 Å². The zero-order chi connectivity index (χ0) is 26.0. The van der Waals surface area contributed by atoms with E-state index >= 15 is 0 Å². The monoisotopic (exact) mass is 533 g/mol. The van der Waals surface area contributed by atoms with Crippen molar-refractivity contribution in [2.24, 2.45) is 0 Å². The molecule has 1 amide bonds. The summed E-state index contributed by atoms with van der Waals surface area (Å²) in [6, 6.07) is 5.66. The smallest absolute Gasteiger partial charge is 0.443 e. The number of hydrogen-bond acceptors (Lipinski definition) is 5. The minimum absolute atomic E-state index is 0.0104. The van der Waals surface area contributed by atoms with E-state index in [1.807, 2.05) is 59.7 Å². The maximum Gasteiger partial charge on any atom is 0.514 e. The second-order valence-electron chi connectivity index (χ2n) is 10.5. The van der Waals surface area contributed by atoms with Crippen LogP contribution in [0.1, 0.15) is 72.4 Å². The molecule has 0 aliphatic rings. The number of nitrogens with zero attached hydrogens (tertiary/aromatic N) is 1. The summed E-state index contributed by atoms with van der Waals surface area (Å²) in [6.07, 6.45) is 0.405. The van der Waals surface area contributed by atoms with Gasteiger partial charge in [0, 0.05) is 27.4 Å². The van der Waals surface area contributed by atoms with Crippen LogP contribution in [0, 0.1) is 6.92 Å². The molecule has 0 spiro atoms. The quantitative estimate of drug-likeness (QED) is 0.219. The first-order valence-electron chi connectivity index (χ1n) is 11.3. The highest BCUT2D eigenvalue weighted by Gasteiger charge is 2.30. The van der Waals surface area contributed by atoms with Crippen LogP contribution in [0.15, 0.2) is 35.3 Å². The predicted molar refractivity (Wildman–Crippen MR) is 141 cm³/mol. The molecule has 0 saturated heterocycles. The number of halogens is 1. The number of ether oxygens (including phenoxy) is 3. The average Bonchev–Trinajstić information content (AvgIpc) is 2.64. The van der Waals surface area contributed by atoms with Crippen molar-refractivity contribution in [1.82, 2.24) is 0 Å². The third kappa shape index (κ3) is 6.75. The molecule has 0 radical (unpaired) electrons. The maximum absolute atomic E-state index is 13.3. The highest BCUT2D eigenvalue weighted by Crippen LogP contribution is 2.45. The molecule has 2 aromatic carbocycles. The van der Waals surface area contributed by atoms with Gasteiger partial charge in [0.2, 0.25) is 0 Å². The van der Waals surface area contributed by atoms with Gasteiger partial charge in [-0.05, 0) is 72.1 Å². The molecule has 0 atom stereocenters. The van der Waals surface area contributed by atoms with E-state index in [9.17, 15) is 9.59 Å². The number of anilines is 1. The van der Waals surface area contributed by atoms with Gasteiger partial charge in [-0.2, -0.15) is 0 Å². The van der Waals surface area contributed by atoms with Crippen molar-refractivity contribution in [3.8, 4) is 5.75 Å². The number of amides is 1. The van der Waals surface area contributed by atoms with Gasteiger partial charge in [-0.3, -0.25) is 4.90 Å². The minimum atomic E-state index is -0.780. The van der Waals surface area contributed by atoms with Gasteiger partial charge >= 0.3 is 12.2 Å². The Morgan fingerprint density at radius 1 is 1.06 bits per heavy atom. The van der Waals surface area contributed by atoms with Crippen LogP contribution in [0.5, 0.6) is 5.75 Å². The predicted octanol–water partition coefficient (Wildman–Crippen LogP) is 8.28. The van der Waals surface area contributed by atoms with Crippen LogP contribution in [0.2, 0.25) is 0 Å². The van der Waals surface area contributed by atoms with Crippen LogP contribution in [-0.4, -0.2) is 30.0 Å². The van der Waals surface area contributed by atoms with Crippen molar-refractivity contribution in [2.75, 3.05) is 11.4 Å². The number of hydrogen-bond donors (Lipinski definition) is 0. The van der Waals surface area contributed by atoms with Crippen LogP contribution < -0.4 is 9.64 Å². The van der Waals surface area contributed by atoms with Gasteiger partial charge in [-0.25, -0.2) is 9.59 Å². The molecule has 0 fully saturated rings. The summed E-state index contributed by atoms with van der Waals surface area (Å²) in [7, 11) is 0. The lowest BCUT2D eigenvalue weighted by molar-refractivity contribution is 0.0206. The first kappa shape index (κ1) is 27.7. The molecule has 7 heteroatoms. The number of carbonyl (C=O) groups is 2. The van der Waals surface area contributed by atoms with Gasteiger partial charge in [0.15, 0.2) is 0 Å². The van der Waals surface area contributed by atoms with Crippen LogP contribution in [0.3, 0.4) is 0 Å². The van der Waals surface area contributed by atoms with Crippen molar-refractivity contribution in [2.45, 2.75) is 79.4 Å². The largest absolute Gasteiger partial charge is 0.514 e. The van der Waals surface area contributed by atoms with Gasteiger partial charge in [0.1, 0.15) is 17.0 Å². The molecule has 0 unspecified atom stereocenters. The fourth-order valence-corrected chi connectivity index (χ4v) is 4.13. The van der Waals surface area contributed by atoms with Crippen molar-refractivity contribution >= 4 is 44.6 Å². The normalized spacial score (nSPS) is 12.0. The Hall–Kier alpha value is -2.54. The summed E-state index contributed by atoms with van der Waals surface area (Å²) in [6.45, 7) is 20.9. The van der Waals surface area contributed by atoms with E-state index in [0.717, 1.165) is 21.0 Å². The highest BCUT2D eigenvalue weighted by molar-refractivity contribution is 9.10. The van der Waals surface area contributed by atoms with E-state index < -0.39 is 23.5 Å². The summed E-state index contributed by atoms with van der Waals surface area (Å²) in [5.41, 5.74) is 0.957. The SMILES string of the molecule is C=CCN(C(=O)OC(C)(C)C)c1c(C)c(C(C)C)c(OC(=O)OC(C)(C)C)c2cc(Br)ccc12. The van der Waals surface area contributed by atoms with Crippen LogP contribution >= 0.6 is 15.9 Å². The molecule has 0 saturated carbocycles. The minimum Gasteiger partial charge on any atom is -0.443 e. The molecule has 0 aliphatic carbocycles. The lowest BCUT2D eigenvalue weighted by Crippen LogP contribution is -2.37. The van der Waals surface area contributed by atoms with E-state index in [4.69, 9.17) is 14.2 Å². The number of fused-ring (bicyclic) bond motifs is 1. The zero-order valence-electron chi connectivity index (χ0n) is 21.7. The number of carbonyl (C=O) groups excluding carboxylic acids is 2. The van der Waals surface area contributed by atoms with Crippen molar-refractivity contribution in [1.29, 1.82) is 0 Å². The van der Waals surface area contributed by atoms with E-state index in [2.05, 4.69) is 22.5 Å². The third-order valence-corrected chi connectivity index (χ3v) is 5.33. The molecular formula is C27H36BrNO5. The summed E-state index contributed by atoms with van der Waals surface area (Å²) in [4.78, 5) is 27.5. The average molecular weight is 534 g/mol. The Kier molecular flexibility index (Phi) is 8.46. The topological polar surface area (TPSA) is 65.1 Å². The molecule has 0 aliphatic heterocycles. The second kappa shape index (κ2) is 10.4. The number of benzene rings is 2. The van der Waals surface area contributed by atoms with Gasteiger partial charge in [-0.1, -0.05) is 41.9 Å². The summed E-state index contributed by atoms with van der Waals surface area (Å²) < 4.78 is 17.8. The molecule has 0 N–H and O–H groups in total. The molecule has 0 heterocycles. The molecule has 186 valence electrons. The van der Waals surface area contributed by atoms with Crippen molar-refractivity contribution in [3.05, 3.63) is 46.5 Å². The molecule has 0 bridgehead atoms. The van der Waals surface area contributed by atoms with Gasteiger partial charge in [0.05, 0.1) is 5.69 Å². The molecule has 6 nitrogen and oxygen atoms in total. The standard InChI is InChI=1S/C27H36BrNO5/c1-11-14-29(24(30)33-26(5,6)7)22-17(4)21(16(2)3)23(32-25(31)34-27(8,9)10)20-15-18(28)12-13-19(20)22/h11-13,15-16H,1,14H2,2-10H3. The van der Waals surface area contributed by atoms with Crippen LogP contribution in [-0.2, 0) is 9.47 Å². The van der Waals surface area contributed by atoms with E-state index in [-0.39, 0.29) is 12.5 Å². The van der Waals surface area contributed by atoms with E-state index in [0.29, 0.717) is 16.8 Å². The molecule has 34 heavy (non-hydrogen) atoms. The Morgan fingerprint density at radius 2 is 1.65 bits per heavy atom. The van der Waals surface area contributed by atoms with Crippen LogP contribution in [0.25, 0.3) is 10.8 Å². The Labute approximate surface area is 211 Å². The Balaban J connectivity index is 2.86. The first-order valence-corrected chi connectivity index (χ1v) is 12.1. The zero-order valence-corrected chi connectivity index (χ0v) is 23.3. The second-order valence-corrected chi connectivity index (χ2v) is 11.4. The fourth-order valence-electron chi connectivity index (χ4n) is 3.77. The Bertz CT molecular complexity index is 1090. The highest BCUT2D eigenvalue weighted by atomic mass is 79.9. The lowest BCUT2D eigenvalue weighted by Gasteiger charge is -2.31.